The first-order valence-electron chi connectivity index (χ1n) is 17.5. The van der Waals surface area contributed by atoms with Crippen molar-refractivity contribution in [2.24, 2.45) is 0 Å². The standard InChI is InChI=1S/C47H32N3OP/c1-52(51)43-22-11-10-19-39(43)40-20-12-21-41(45(40)52)44-37-18-9-8-17-33(37)27-28-38(44)34-23-25-35(26-24-34)46-48-47-42(32-15-6-3-7-16-32)29-36(30-50(47)49-46)31-13-4-2-5-14-31/h2-30H,1H3. The van der Waals surface area contributed by atoms with Crippen molar-refractivity contribution < 1.29 is 4.57 Å². The van der Waals surface area contributed by atoms with Crippen molar-refractivity contribution in [1.82, 2.24) is 14.6 Å². The number of pyridine rings is 1. The Labute approximate surface area is 302 Å². The Kier molecular flexibility index (Phi) is 6.96. The van der Waals surface area contributed by atoms with Gasteiger partial charge in [0.25, 0.3) is 0 Å². The van der Waals surface area contributed by atoms with Crippen molar-refractivity contribution in [2.75, 3.05) is 6.66 Å². The molecule has 0 N–H and O–H groups in total. The Morgan fingerprint density at radius 2 is 1.13 bits per heavy atom. The van der Waals surface area contributed by atoms with Crippen LogP contribution < -0.4 is 10.6 Å². The summed E-state index contributed by atoms with van der Waals surface area (Å²) in [5, 5.41) is 9.19. The first kappa shape index (κ1) is 30.5. The first-order chi connectivity index (χ1) is 25.5. The number of fused-ring (bicyclic) bond motifs is 5. The monoisotopic (exact) mass is 685 g/mol. The molecule has 0 fully saturated rings. The minimum absolute atomic E-state index is 0.665. The lowest BCUT2D eigenvalue weighted by atomic mass is 9.88. The minimum Gasteiger partial charge on any atom is -0.314 e. The fraction of sp³-hybridized carbons (Fsp3) is 0.0213. The number of rotatable bonds is 5. The van der Waals surface area contributed by atoms with E-state index in [2.05, 4.69) is 146 Å². The van der Waals surface area contributed by atoms with Crippen molar-refractivity contribution in [3.8, 4) is 67.0 Å². The molecule has 246 valence electrons. The number of aromatic nitrogens is 3. The number of benzene rings is 7. The average molecular weight is 686 g/mol. The second-order valence-corrected chi connectivity index (χ2v) is 16.3. The van der Waals surface area contributed by atoms with Crippen molar-refractivity contribution in [2.45, 2.75) is 0 Å². The van der Waals surface area contributed by atoms with Gasteiger partial charge >= 0.3 is 0 Å². The van der Waals surface area contributed by atoms with E-state index in [1.165, 1.54) is 0 Å². The number of hydrogen-bond acceptors (Lipinski definition) is 3. The van der Waals surface area contributed by atoms with Crippen LogP contribution in [0.25, 0.3) is 83.4 Å². The van der Waals surface area contributed by atoms with E-state index in [1.54, 1.807) is 0 Å². The molecule has 5 heteroatoms. The highest BCUT2D eigenvalue weighted by molar-refractivity contribution is 7.79. The van der Waals surface area contributed by atoms with Crippen LogP contribution in [-0.2, 0) is 4.57 Å². The van der Waals surface area contributed by atoms with Gasteiger partial charge in [-0.15, -0.1) is 5.10 Å². The van der Waals surface area contributed by atoms with Gasteiger partial charge in [0.2, 0.25) is 0 Å². The zero-order valence-corrected chi connectivity index (χ0v) is 29.3. The van der Waals surface area contributed by atoms with Gasteiger partial charge in [0, 0.05) is 33.5 Å². The summed E-state index contributed by atoms with van der Waals surface area (Å²) in [4.78, 5) is 5.10. The topological polar surface area (TPSA) is 47.3 Å². The van der Waals surface area contributed by atoms with E-state index >= 15 is 0 Å². The molecule has 0 amide bonds. The Hall–Kier alpha value is -6.35. The van der Waals surface area contributed by atoms with Crippen LogP contribution in [0.1, 0.15) is 0 Å². The lowest BCUT2D eigenvalue weighted by molar-refractivity contribution is 0.591. The molecule has 0 saturated heterocycles. The lowest BCUT2D eigenvalue weighted by Crippen LogP contribution is -2.11. The van der Waals surface area contributed by atoms with E-state index < -0.39 is 7.14 Å². The molecule has 0 spiro atoms. The maximum absolute atomic E-state index is 14.7. The van der Waals surface area contributed by atoms with Gasteiger partial charge in [0.15, 0.2) is 11.5 Å². The Bertz CT molecular complexity index is 2880. The van der Waals surface area contributed by atoms with Gasteiger partial charge in [-0.1, -0.05) is 164 Å². The van der Waals surface area contributed by atoms with Crippen LogP contribution in [0.4, 0.5) is 0 Å². The Morgan fingerprint density at radius 3 is 1.94 bits per heavy atom. The molecule has 1 atom stereocenters. The molecule has 10 rings (SSSR count). The summed E-state index contributed by atoms with van der Waals surface area (Å²) in [6, 6.07) is 58.9. The molecule has 1 unspecified atom stereocenters. The van der Waals surface area contributed by atoms with Crippen LogP contribution >= 0.6 is 7.14 Å². The van der Waals surface area contributed by atoms with Crippen LogP contribution in [0, 0.1) is 0 Å². The maximum atomic E-state index is 14.7. The maximum Gasteiger partial charge on any atom is 0.182 e. The van der Waals surface area contributed by atoms with Crippen LogP contribution in [0.3, 0.4) is 0 Å². The second-order valence-electron chi connectivity index (χ2n) is 13.5. The molecular weight excluding hydrogens is 654 g/mol. The quantitative estimate of drug-likeness (QED) is 0.169. The summed E-state index contributed by atoms with van der Waals surface area (Å²) in [7, 11) is -2.85. The summed E-state index contributed by atoms with van der Waals surface area (Å²) in [6.07, 6.45) is 2.06. The molecule has 4 nitrogen and oxygen atoms in total. The molecule has 0 saturated carbocycles. The summed E-state index contributed by atoms with van der Waals surface area (Å²) in [5.41, 5.74) is 12.5. The summed E-state index contributed by atoms with van der Waals surface area (Å²) in [6.45, 7) is 1.93. The summed E-state index contributed by atoms with van der Waals surface area (Å²) >= 11 is 0. The van der Waals surface area contributed by atoms with Crippen LogP contribution in [-0.4, -0.2) is 21.3 Å². The van der Waals surface area contributed by atoms with E-state index in [1.807, 2.05) is 41.5 Å². The smallest absolute Gasteiger partial charge is 0.182 e. The molecule has 1 aliphatic rings. The van der Waals surface area contributed by atoms with Crippen LogP contribution in [0.15, 0.2) is 176 Å². The molecule has 7 aromatic carbocycles. The molecule has 9 aromatic rings. The molecule has 1 aliphatic heterocycles. The molecule has 0 bridgehead atoms. The summed E-state index contributed by atoms with van der Waals surface area (Å²) in [5.74, 6) is 0.665. The SMILES string of the molecule is CP1(=O)c2ccccc2-c2cccc(-c3c(-c4ccc(-c5nc6c(-c7ccccc7)cc(-c7ccccc7)cn6n5)cc4)ccc4ccccc34)c21. The normalized spacial score (nSPS) is 14.8. The predicted octanol–water partition coefficient (Wildman–Crippen LogP) is 11.1. The highest BCUT2D eigenvalue weighted by Crippen LogP contribution is 2.53. The van der Waals surface area contributed by atoms with Gasteiger partial charge in [-0.3, -0.25) is 0 Å². The molecular formula is C47H32N3OP. The van der Waals surface area contributed by atoms with E-state index in [4.69, 9.17) is 10.1 Å². The van der Waals surface area contributed by atoms with Gasteiger partial charge < -0.3 is 4.57 Å². The zero-order valence-electron chi connectivity index (χ0n) is 28.4. The van der Waals surface area contributed by atoms with Crippen LogP contribution in [0.2, 0.25) is 0 Å². The van der Waals surface area contributed by atoms with Crippen LogP contribution in [0.5, 0.6) is 0 Å². The number of nitrogens with zero attached hydrogens (tertiary/aromatic N) is 3. The fourth-order valence-corrected chi connectivity index (χ4v) is 10.5. The van der Waals surface area contributed by atoms with E-state index in [-0.39, 0.29) is 0 Å². The molecule has 3 heterocycles. The predicted molar refractivity (Wildman–Crippen MR) is 216 cm³/mol. The zero-order chi connectivity index (χ0) is 34.8. The molecule has 2 aromatic heterocycles. The second kappa shape index (κ2) is 11.9. The third-order valence-corrected chi connectivity index (χ3v) is 13.0. The van der Waals surface area contributed by atoms with Gasteiger partial charge in [-0.2, -0.15) is 0 Å². The van der Waals surface area contributed by atoms with Crippen molar-refractivity contribution in [1.29, 1.82) is 0 Å². The lowest BCUT2D eigenvalue weighted by Gasteiger charge is -2.19. The van der Waals surface area contributed by atoms with Gasteiger partial charge in [0.05, 0.1) is 0 Å². The molecule has 0 radical (unpaired) electrons. The van der Waals surface area contributed by atoms with E-state index in [0.29, 0.717) is 5.82 Å². The average Bonchev–Trinajstić information content (AvgIpc) is 3.74. The third-order valence-electron chi connectivity index (χ3n) is 10.4. The van der Waals surface area contributed by atoms with Crippen molar-refractivity contribution in [3.05, 3.63) is 176 Å². The van der Waals surface area contributed by atoms with Gasteiger partial charge in [-0.05, 0) is 68.0 Å². The van der Waals surface area contributed by atoms with Gasteiger partial charge in [0.1, 0.15) is 7.14 Å². The van der Waals surface area contributed by atoms with Crippen molar-refractivity contribution >= 4 is 34.2 Å². The minimum atomic E-state index is -2.85. The Balaban J connectivity index is 1.11. The highest BCUT2D eigenvalue weighted by atomic mass is 31.2. The molecule has 52 heavy (non-hydrogen) atoms. The van der Waals surface area contributed by atoms with E-state index in [0.717, 1.165) is 88.2 Å². The summed E-state index contributed by atoms with van der Waals surface area (Å²) < 4.78 is 16.6. The highest BCUT2D eigenvalue weighted by Gasteiger charge is 2.37. The van der Waals surface area contributed by atoms with Gasteiger partial charge in [-0.25, -0.2) is 9.50 Å². The third kappa shape index (κ3) is 4.80. The Morgan fingerprint density at radius 1 is 0.500 bits per heavy atom. The molecule has 0 aliphatic carbocycles. The number of hydrogen-bond donors (Lipinski definition) is 0. The van der Waals surface area contributed by atoms with Crippen molar-refractivity contribution in [3.63, 3.8) is 0 Å². The van der Waals surface area contributed by atoms with E-state index in [9.17, 15) is 4.57 Å². The fourth-order valence-electron chi connectivity index (χ4n) is 7.94. The largest absolute Gasteiger partial charge is 0.314 e. The first-order valence-corrected chi connectivity index (χ1v) is 19.7.